The Labute approximate surface area is 94.6 Å². The second-order valence-corrected chi connectivity index (χ2v) is 4.70. The molecule has 0 radical (unpaired) electrons. The van der Waals surface area contributed by atoms with E-state index in [9.17, 15) is 4.79 Å². The summed E-state index contributed by atoms with van der Waals surface area (Å²) in [5, 5.41) is 3.63. The molecule has 1 amide bonds. The summed E-state index contributed by atoms with van der Waals surface area (Å²) in [7, 11) is 0. The number of hydrogen-bond donors (Lipinski definition) is 1. The van der Waals surface area contributed by atoms with E-state index in [4.69, 9.17) is 11.6 Å². The predicted molar refractivity (Wildman–Crippen MR) is 62.1 cm³/mol. The SMILES string of the molecule is Cc1cc(Cl)ccc1NC(=O)C1CC1C. The third kappa shape index (κ3) is 2.32. The number of amides is 1. The summed E-state index contributed by atoms with van der Waals surface area (Å²) in [6.45, 7) is 4.04. The van der Waals surface area contributed by atoms with Gasteiger partial charge in [-0.1, -0.05) is 18.5 Å². The van der Waals surface area contributed by atoms with Crippen LogP contribution in [0.2, 0.25) is 5.02 Å². The molecule has 0 aliphatic heterocycles. The number of rotatable bonds is 2. The van der Waals surface area contributed by atoms with Gasteiger partial charge in [-0.3, -0.25) is 4.79 Å². The highest BCUT2D eigenvalue weighted by atomic mass is 35.5. The molecule has 1 aromatic carbocycles. The van der Waals surface area contributed by atoms with Crippen molar-refractivity contribution in [3.05, 3.63) is 28.8 Å². The molecule has 1 aromatic rings. The number of anilines is 1. The van der Waals surface area contributed by atoms with Gasteiger partial charge in [-0.05, 0) is 43.0 Å². The quantitative estimate of drug-likeness (QED) is 0.820. The summed E-state index contributed by atoms with van der Waals surface area (Å²) >= 11 is 5.84. The maximum atomic E-state index is 11.7. The van der Waals surface area contributed by atoms with Gasteiger partial charge in [-0.25, -0.2) is 0 Å². The van der Waals surface area contributed by atoms with Gasteiger partial charge in [-0.15, -0.1) is 0 Å². The molecule has 0 saturated heterocycles. The fourth-order valence-electron chi connectivity index (χ4n) is 1.68. The van der Waals surface area contributed by atoms with E-state index in [1.165, 1.54) is 0 Å². The molecule has 0 heterocycles. The van der Waals surface area contributed by atoms with Crippen molar-refractivity contribution in [2.75, 3.05) is 5.32 Å². The predicted octanol–water partition coefficient (Wildman–Crippen LogP) is 3.24. The molecule has 1 saturated carbocycles. The van der Waals surface area contributed by atoms with Crippen LogP contribution in [0.1, 0.15) is 18.9 Å². The van der Waals surface area contributed by atoms with Crippen molar-refractivity contribution in [2.45, 2.75) is 20.3 Å². The molecule has 1 N–H and O–H groups in total. The summed E-state index contributed by atoms with van der Waals surface area (Å²) < 4.78 is 0. The highest BCUT2D eigenvalue weighted by Crippen LogP contribution is 2.38. The molecule has 1 aliphatic carbocycles. The number of halogens is 1. The zero-order chi connectivity index (χ0) is 11.0. The van der Waals surface area contributed by atoms with Gasteiger partial charge in [0.25, 0.3) is 0 Å². The Bertz CT molecular complexity index is 403. The average molecular weight is 224 g/mol. The van der Waals surface area contributed by atoms with Crippen molar-refractivity contribution in [1.82, 2.24) is 0 Å². The second kappa shape index (κ2) is 3.86. The van der Waals surface area contributed by atoms with E-state index in [2.05, 4.69) is 12.2 Å². The van der Waals surface area contributed by atoms with E-state index in [-0.39, 0.29) is 11.8 Å². The second-order valence-electron chi connectivity index (χ2n) is 4.27. The molecule has 1 fully saturated rings. The molecule has 2 nitrogen and oxygen atoms in total. The first-order valence-electron chi connectivity index (χ1n) is 5.15. The van der Waals surface area contributed by atoms with Crippen LogP contribution in [-0.2, 0) is 4.79 Å². The van der Waals surface area contributed by atoms with Crippen molar-refractivity contribution in [3.8, 4) is 0 Å². The van der Waals surface area contributed by atoms with Crippen molar-refractivity contribution >= 4 is 23.2 Å². The van der Waals surface area contributed by atoms with Crippen LogP contribution < -0.4 is 5.32 Å². The maximum absolute atomic E-state index is 11.7. The van der Waals surface area contributed by atoms with Crippen LogP contribution in [0, 0.1) is 18.8 Å². The number of benzene rings is 1. The molecule has 80 valence electrons. The fraction of sp³-hybridized carbons (Fsp3) is 0.417. The van der Waals surface area contributed by atoms with Gasteiger partial charge in [0.05, 0.1) is 0 Å². The lowest BCUT2D eigenvalue weighted by atomic mass is 10.2. The van der Waals surface area contributed by atoms with Gasteiger partial charge in [0.1, 0.15) is 0 Å². The molecular weight excluding hydrogens is 210 g/mol. The summed E-state index contributed by atoms with van der Waals surface area (Å²) in [5.74, 6) is 0.880. The zero-order valence-corrected chi connectivity index (χ0v) is 9.64. The number of aryl methyl sites for hydroxylation is 1. The van der Waals surface area contributed by atoms with Crippen molar-refractivity contribution in [3.63, 3.8) is 0 Å². The molecule has 15 heavy (non-hydrogen) atoms. The maximum Gasteiger partial charge on any atom is 0.227 e. The summed E-state index contributed by atoms with van der Waals surface area (Å²) in [5.41, 5.74) is 1.87. The van der Waals surface area contributed by atoms with Gasteiger partial charge in [-0.2, -0.15) is 0 Å². The summed E-state index contributed by atoms with van der Waals surface area (Å²) in [6.07, 6.45) is 1.01. The highest BCUT2D eigenvalue weighted by molar-refractivity contribution is 6.30. The number of hydrogen-bond acceptors (Lipinski definition) is 1. The van der Waals surface area contributed by atoms with E-state index < -0.39 is 0 Å². The topological polar surface area (TPSA) is 29.1 Å². The molecule has 2 rings (SSSR count). The first-order valence-corrected chi connectivity index (χ1v) is 5.52. The van der Waals surface area contributed by atoms with Crippen LogP contribution in [0.4, 0.5) is 5.69 Å². The van der Waals surface area contributed by atoms with Crippen molar-refractivity contribution in [1.29, 1.82) is 0 Å². The first kappa shape index (κ1) is 10.5. The fourth-order valence-corrected chi connectivity index (χ4v) is 1.91. The van der Waals surface area contributed by atoms with E-state index in [1.54, 1.807) is 6.07 Å². The van der Waals surface area contributed by atoms with Gasteiger partial charge in [0.15, 0.2) is 0 Å². The van der Waals surface area contributed by atoms with Gasteiger partial charge >= 0.3 is 0 Å². The largest absolute Gasteiger partial charge is 0.326 e. The Morgan fingerprint density at radius 1 is 1.53 bits per heavy atom. The van der Waals surface area contributed by atoms with E-state index in [0.29, 0.717) is 10.9 Å². The van der Waals surface area contributed by atoms with Crippen LogP contribution in [0.5, 0.6) is 0 Å². The minimum absolute atomic E-state index is 0.132. The smallest absolute Gasteiger partial charge is 0.227 e. The Morgan fingerprint density at radius 2 is 2.20 bits per heavy atom. The number of carbonyl (C=O) groups is 1. The van der Waals surface area contributed by atoms with E-state index in [1.807, 2.05) is 19.1 Å². The van der Waals surface area contributed by atoms with Crippen molar-refractivity contribution < 1.29 is 4.79 Å². The first-order chi connectivity index (χ1) is 7.08. The highest BCUT2D eigenvalue weighted by Gasteiger charge is 2.39. The lowest BCUT2D eigenvalue weighted by Gasteiger charge is -2.07. The summed E-state index contributed by atoms with van der Waals surface area (Å²) in [6, 6.07) is 5.50. The molecule has 2 atom stereocenters. The van der Waals surface area contributed by atoms with Crippen LogP contribution >= 0.6 is 11.6 Å². The standard InChI is InChI=1S/C12H14ClNO/c1-7-6-10(7)12(15)14-11-4-3-9(13)5-8(11)2/h3-5,7,10H,6H2,1-2H3,(H,14,15). The van der Waals surface area contributed by atoms with Gasteiger partial charge in [0.2, 0.25) is 5.91 Å². The molecule has 0 bridgehead atoms. The van der Waals surface area contributed by atoms with Crippen molar-refractivity contribution in [2.24, 2.45) is 11.8 Å². The minimum atomic E-state index is 0.132. The van der Waals surface area contributed by atoms with Crippen LogP contribution in [-0.4, -0.2) is 5.91 Å². The Balaban J connectivity index is 2.07. The van der Waals surface area contributed by atoms with E-state index >= 15 is 0 Å². The number of nitrogens with one attached hydrogen (secondary N) is 1. The minimum Gasteiger partial charge on any atom is -0.326 e. The lowest BCUT2D eigenvalue weighted by molar-refractivity contribution is -0.117. The Hall–Kier alpha value is -1.02. The average Bonchev–Trinajstić information content (AvgIpc) is 2.88. The molecule has 1 aliphatic rings. The lowest BCUT2D eigenvalue weighted by Crippen LogP contribution is -2.15. The monoisotopic (exact) mass is 223 g/mol. The van der Waals surface area contributed by atoms with Gasteiger partial charge < -0.3 is 5.32 Å². The molecule has 0 spiro atoms. The third-order valence-corrected chi connectivity index (χ3v) is 3.13. The Kier molecular flexibility index (Phi) is 2.70. The molecule has 3 heteroatoms. The number of carbonyl (C=O) groups excluding carboxylic acids is 1. The van der Waals surface area contributed by atoms with Crippen LogP contribution in [0.15, 0.2) is 18.2 Å². The zero-order valence-electron chi connectivity index (χ0n) is 8.88. The van der Waals surface area contributed by atoms with Crippen LogP contribution in [0.3, 0.4) is 0 Å². The molecule has 2 unspecified atom stereocenters. The molecular formula is C12H14ClNO. The summed E-state index contributed by atoms with van der Waals surface area (Å²) in [4.78, 5) is 11.7. The third-order valence-electron chi connectivity index (χ3n) is 2.89. The molecule has 0 aromatic heterocycles. The van der Waals surface area contributed by atoms with E-state index in [0.717, 1.165) is 17.7 Å². The normalized spacial score (nSPS) is 23.7. The Morgan fingerprint density at radius 3 is 2.73 bits per heavy atom. The van der Waals surface area contributed by atoms with Gasteiger partial charge in [0, 0.05) is 16.6 Å². The van der Waals surface area contributed by atoms with Crippen LogP contribution in [0.25, 0.3) is 0 Å².